The van der Waals surface area contributed by atoms with E-state index in [-0.39, 0.29) is 11.7 Å². The van der Waals surface area contributed by atoms with Gasteiger partial charge in [0.2, 0.25) is 5.78 Å². The number of nitriles is 1. The smallest absolute Gasteiger partial charge is 0.255 e. The topological polar surface area (TPSA) is 110 Å². The first-order valence-corrected chi connectivity index (χ1v) is 11.9. The van der Waals surface area contributed by atoms with Crippen LogP contribution >= 0.6 is 0 Å². The fraction of sp³-hybridized carbons (Fsp3) is 0.222. The molecule has 0 bridgehead atoms. The Morgan fingerprint density at radius 2 is 1.92 bits per heavy atom. The lowest BCUT2D eigenvalue weighted by atomic mass is 10.1. The van der Waals surface area contributed by atoms with E-state index in [1.165, 1.54) is 6.07 Å². The fourth-order valence-corrected chi connectivity index (χ4v) is 4.59. The molecule has 9 heteroatoms. The second kappa shape index (κ2) is 9.24. The van der Waals surface area contributed by atoms with Gasteiger partial charge in [0.1, 0.15) is 6.10 Å². The summed E-state index contributed by atoms with van der Waals surface area (Å²) in [5.74, 6) is 1.79. The van der Waals surface area contributed by atoms with Gasteiger partial charge in [-0.15, -0.1) is 0 Å². The van der Waals surface area contributed by atoms with Crippen LogP contribution in [0.15, 0.2) is 71.9 Å². The molecule has 1 aliphatic heterocycles. The van der Waals surface area contributed by atoms with E-state index in [2.05, 4.69) is 26.3 Å². The van der Waals surface area contributed by atoms with Crippen LogP contribution < -0.4 is 15.6 Å². The summed E-state index contributed by atoms with van der Waals surface area (Å²) in [4.78, 5) is 26.5. The molecule has 2 aromatic carbocycles. The van der Waals surface area contributed by atoms with E-state index in [4.69, 9.17) is 4.74 Å². The van der Waals surface area contributed by atoms with E-state index < -0.39 is 0 Å². The van der Waals surface area contributed by atoms with Crippen LogP contribution in [0.25, 0.3) is 28.2 Å². The van der Waals surface area contributed by atoms with Crippen molar-refractivity contribution in [3.63, 3.8) is 0 Å². The molecule has 1 fully saturated rings. The van der Waals surface area contributed by atoms with Gasteiger partial charge in [0.15, 0.2) is 11.6 Å². The molecule has 178 valence electrons. The highest BCUT2D eigenvalue weighted by atomic mass is 16.5. The third-order valence-electron chi connectivity index (χ3n) is 6.42. The number of hydrogen-bond acceptors (Lipinski definition) is 7. The Labute approximate surface area is 206 Å². The maximum Gasteiger partial charge on any atom is 0.255 e. The van der Waals surface area contributed by atoms with Crippen molar-refractivity contribution in [2.24, 2.45) is 0 Å². The largest absolute Gasteiger partial charge is 0.487 e. The van der Waals surface area contributed by atoms with Gasteiger partial charge in [-0.2, -0.15) is 5.26 Å². The monoisotopic (exact) mass is 477 g/mol. The third kappa shape index (κ3) is 4.19. The van der Waals surface area contributed by atoms with Gasteiger partial charge in [-0.25, -0.2) is 15.0 Å². The molecule has 36 heavy (non-hydrogen) atoms. The van der Waals surface area contributed by atoms with Gasteiger partial charge < -0.3 is 10.1 Å². The predicted molar refractivity (Wildman–Crippen MR) is 135 cm³/mol. The summed E-state index contributed by atoms with van der Waals surface area (Å²) < 4.78 is 9.48. The highest BCUT2D eigenvalue weighted by molar-refractivity contribution is 5.81. The average molecular weight is 478 g/mol. The zero-order chi connectivity index (χ0) is 24.5. The van der Waals surface area contributed by atoms with Crippen molar-refractivity contribution in [1.82, 2.24) is 29.2 Å². The molecule has 0 amide bonds. The van der Waals surface area contributed by atoms with Crippen molar-refractivity contribution in [1.29, 1.82) is 5.26 Å². The molecule has 4 heterocycles. The minimum absolute atomic E-state index is 0.153. The molecule has 1 aliphatic rings. The molecular formula is C27H23N7O2. The van der Waals surface area contributed by atoms with E-state index in [0.29, 0.717) is 29.5 Å². The average Bonchev–Trinajstić information content (AvgIpc) is 3.29. The summed E-state index contributed by atoms with van der Waals surface area (Å²) >= 11 is 0. The number of rotatable bonds is 5. The van der Waals surface area contributed by atoms with Gasteiger partial charge >= 0.3 is 0 Å². The van der Waals surface area contributed by atoms with Crippen molar-refractivity contribution in [3.05, 3.63) is 88.6 Å². The van der Waals surface area contributed by atoms with Gasteiger partial charge in [-0.1, -0.05) is 18.2 Å². The fourth-order valence-electron chi connectivity index (χ4n) is 4.59. The van der Waals surface area contributed by atoms with Crippen molar-refractivity contribution >= 4 is 16.8 Å². The minimum Gasteiger partial charge on any atom is -0.487 e. The molecule has 9 nitrogen and oxygen atoms in total. The first-order valence-electron chi connectivity index (χ1n) is 11.9. The Morgan fingerprint density at radius 1 is 1.08 bits per heavy atom. The number of hydrogen-bond donors (Lipinski definition) is 1. The zero-order valence-electron chi connectivity index (χ0n) is 19.5. The number of nitrogens with one attached hydrogen (secondary N) is 1. The quantitative estimate of drug-likeness (QED) is 0.414. The maximum absolute atomic E-state index is 12.8. The van der Waals surface area contributed by atoms with E-state index in [0.717, 1.165) is 48.1 Å². The van der Waals surface area contributed by atoms with Crippen molar-refractivity contribution < 1.29 is 4.74 Å². The molecule has 1 N–H and O–H groups in total. The van der Waals surface area contributed by atoms with Crippen LogP contribution in [-0.2, 0) is 6.54 Å². The minimum atomic E-state index is -0.153. The normalized spacial score (nSPS) is 14.2. The SMILES string of the molecule is N#Cc1ccc2nc3n(Cc4cccc(-c5ncc(OC6CCNCC6)cn5)c4)c(=O)ccn3c2c1. The molecule has 0 unspecified atom stereocenters. The molecule has 3 aromatic heterocycles. The summed E-state index contributed by atoms with van der Waals surface area (Å²) in [5, 5.41) is 12.6. The highest BCUT2D eigenvalue weighted by Crippen LogP contribution is 2.22. The molecule has 5 aromatic rings. The number of imidazole rings is 1. The molecule has 1 saturated heterocycles. The summed E-state index contributed by atoms with van der Waals surface area (Å²) in [5.41, 5.74) is 3.68. The number of benzene rings is 2. The lowest BCUT2D eigenvalue weighted by molar-refractivity contribution is 0.161. The lowest BCUT2D eigenvalue weighted by Gasteiger charge is -2.23. The van der Waals surface area contributed by atoms with Crippen molar-refractivity contribution in [3.8, 4) is 23.2 Å². The van der Waals surface area contributed by atoms with Crippen LogP contribution in [0.1, 0.15) is 24.0 Å². The van der Waals surface area contributed by atoms with Crippen LogP contribution in [0.4, 0.5) is 0 Å². The number of aromatic nitrogens is 5. The van der Waals surface area contributed by atoms with Crippen LogP contribution in [-0.4, -0.2) is 43.1 Å². The molecule has 0 atom stereocenters. The Kier molecular flexibility index (Phi) is 5.64. The summed E-state index contributed by atoms with van der Waals surface area (Å²) in [7, 11) is 0. The number of nitrogens with zero attached hydrogens (tertiary/aromatic N) is 6. The standard InChI is InChI=1S/C27H23N7O2/c28-14-18-4-5-23-24(13-18)33-11-8-25(35)34(27(33)32-23)17-19-2-1-3-20(12-19)26-30-15-22(16-31-26)36-21-6-9-29-10-7-21/h1-5,8,11-13,15-16,21,29H,6-7,9-10,17H2. The molecule has 6 rings (SSSR count). The van der Waals surface area contributed by atoms with Gasteiger partial charge in [0, 0.05) is 17.8 Å². The summed E-state index contributed by atoms with van der Waals surface area (Å²) in [6, 6.07) is 16.8. The first-order chi connectivity index (χ1) is 17.7. The Morgan fingerprint density at radius 3 is 2.72 bits per heavy atom. The Hall–Kier alpha value is -4.55. The van der Waals surface area contributed by atoms with Crippen molar-refractivity contribution in [2.75, 3.05) is 13.1 Å². The zero-order valence-corrected chi connectivity index (χ0v) is 19.5. The lowest BCUT2D eigenvalue weighted by Crippen LogP contribution is -2.34. The van der Waals surface area contributed by atoms with Crippen LogP contribution in [0, 0.1) is 11.3 Å². The highest BCUT2D eigenvalue weighted by Gasteiger charge is 2.15. The molecular weight excluding hydrogens is 454 g/mol. The van der Waals surface area contributed by atoms with Crippen LogP contribution in [0.3, 0.4) is 0 Å². The van der Waals surface area contributed by atoms with E-state index in [1.807, 2.05) is 28.7 Å². The van der Waals surface area contributed by atoms with Gasteiger partial charge in [0.05, 0.1) is 41.6 Å². The summed E-state index contributed by atoms with van der Waals surface area (Å²) in [6.45, 7) is 2.26. The van der Waals surface area contributed by atoms with Gasteiger partial charge in [0.25, 0.3) is 5.56 Å². The Balaban J connectivity index is 1.29. The second-order valence-corrected chi connectivity index (χ2v) is 8.85. The first kappa shape index (κ1) is 21.9. The Bertz CT molecular complexity index is 1660. The molecule has 0 radical (unpaired) electrons. The van der Waals surface area contributed by atoms with E-state index in [1.54, 1.807) is 41.4 Å². The second-order valence-electron chi connectivity index (χ2n) is 8.85. The third-order valence-corrected chi connectivity index (χ3v) is 6.42. The van der Waals surface area contributed by atoms with Crippen LogP contribution in [0.2, 0.25) is 0 Å². The van der Waals surface area contributed by atoms with E-state index in [9.17, 15) is 10.1 Å². The number of piperidine rings is 1. The van der Waals surface area contributed by atoms with Crippen molar-refractivity contribution in [2.45, 2.75) is 25.5 Å². The molecule has 0 aliphatic carbocycles. The number of fused-ring (bicyclic) bond motifs is 3. The number of ether oxygens (including phenoxy) is 1. The maximum atomic E-state index is 12.8. The molecule has 0 saturated carbocycles. The van der Waals surface area contributed by atoms with Crippen LogP contribution in [0.5, 0.6) is 5.75 Å². The molecule has 0 spiro atoms. The van der Waals surface area contributed by atoms with Gasteiger partial charge in [-0.05, 0) is 55.8 Å². The van der Waals surface area contributed by atoms with E-state index >= 15 is 0 Å². The van der Waals surface area contributed by atoms with Gasteiger partial charge in [-0.3, -0.25) is 13.8 Å². The predicted octanol–water partition coefficient (Wildman–Crippen LogP) is 3.16. The summed E-state index contributed by atoms with van der Waals surface area (Å²) in [6.07, 6.45) is 7.27.